The fraction of sp³-hybridized carbons (Fsp3) is 0.571. The Morgan fingerprint density at radius 3 is 2.57 bits per heavy atom. The standard InChI is InChI=1S/C21H26ClN3O3/c1-5-11(4)25-18(26)15-14(9-10(2)3)24-21(16(15)19(25)27)12-7-6-8-13(22)17(12)23-20(21)28/h6-8,10-11,14-16,24H,5,9H2,1-4H3,(H,23,28)/p+1/t11-,14+,15+,16-,21+/m0/s1. The minimum Gasteiger partial charge on any atom is -0.326 e. The summed E-state index contributed by atoms with van der Waals surface area (Å²) in [6.07, 6.45) is 1.45. The smallest absolute Gasteiger partial charge is 0.291 e. The topological polar surface area (TPSA) is 83.1 Å². The molecule has 0 radical (unpaired) electrons. The van der Waals surface area contributed by atoms with E-state index in [1.165, 1.54) is 4.90 Å². The van der Waals surface area contributed by atoms with E-state index >= 15 is 0 Å². The number of quaternary nitrogens is 1. The van der Waals surface area contributed by atoms with E-state index in [0.717, 1.165) is 12.0 Å². The van der Waals surface area contributed by atoms with E-state index in [1.54, 1.807) is 12.1 Å². The van der Waals surface area contributed by atoms with Crippen molar-refractivity contribution in [3.8, 4) is 0 Å². The summed E-state index contributed by atoms with van der Waals surface area (Å²) >= 11 is 6.34. The molecule has 28 heavy (non-hydrogen) atoms. The molecule has 150 valence electrons. The zero-order valence-corrected chi connectivity index (χ0v) is 17.4. The molecule has 0 saturated carbocycles. The van der Waals surface area contributed by atoms with Gasteiger partial charge in [0, 0.05) is 18.0 Å². The second-order valence-electron chi connectivity index (χ2n) is 8.75. The van der Waals surface area contributed by atoms with Crippen molar-refractivity contribution in [1.82, 2.24) is 4.90 Å². The molecule has 5 atom stereocenters. The monoisotopic (exact) mass is 404 g/mol. The molecule has 3 N–H and O–H groups in total. The number of carbonyl (C=O) groups is 3. The number of benzene rings is 1. The van der Waals surface area contributed by atoms with Crippen molar-refractivity contribution in [2.45, 2.75) is 58.2 Å². The fourth-order valence-electron chi connectivity index (χ4n) is 5.35. The minimum atomic E-state index is -1.13. The van der Waals surface area contributed by atoms with Crippen molar-refractivity contribution >= 4 is 35.0 Å². The first kappa shape index (κ1) is 19.4. The second kappa shape index (κ2) is 6.56. The second-order valence-corrected chi connectivity index (χ2v) is 9.16. The Labute approximate surface area is 170 Å². The highest BCUT2D eigenvalue weighted by molar-refractivity contribution is 6.35. The number of fused-ring (bicyclic) bond motifs is 4. The molecule has 0 aromatic heterocycles. The lowest BCUT2D eigenvalue weighted by atomic mass is 9.76. The third-order valence-corrected chi connectivity index (χ3v) is 6.98. The molecule has 2 fully saturated rings. The van der Waals surface area contributed by atoms with Crippen LogP contribution in [0.5, 0.6) is 0 Å². The number of rotatable bonds is 4. The highest BCUT2D eigenvalue weighted by Gasteiger charge is 2.74. The van der Waals surface area contributed by atoms with Crippen LogP contribution in [0.3, 0.4) is 0 Å². The maximum atomic E-state index is 13.5. The molecule has 0 aliphatic carbocycles. The maximum absolute atomic E-state index is 13.5. The first-order chi connectivity index (χ1) is 13.2. The summed E-state index contributed by atoms with van der Waals surface area (Å²) in [6, 6.07) is 5.09. The molecule has 3 heterocycles. The molecule has 1 aromatic rings. The highest BCUT2D eigenvalue weighted by Crippen LogP contribution is 2.51. The Morgan fingerprint density at radius 2 is 1.93 bits per heavy atom. The van der Waals surface area contributed by atoms with Gasteiger partial charge in [0.15, 0.2) is 0 Å². The third-order valence-electron chi connectivity index (χ3n) is 6.66. The highest BCUT2D eigenvalue weighted by atomic mass is 35.5. The number of nitrogens with zero attached hydrogens (tertiary/aromatic N) is 1. The SMILES string of the molecule is CC[C@H](C)N1C(=O)[C@H]2[C@@H](C1=O)[C@@]1([NH2+][C@@H]2CC(C)C)C(=O)Nc2c(Cl)cccc21. The van der Waals surface area contributed by atoms with Crippen molar-refractivity contribution in [1.29, 1.82) is 0 Å². The molecule has 3 aliphatic rings. The quantitative estimate of drug-likeness (QED) is 0.751. The summed E-state index contributed by atoms with van der Waals surface area (Å²) in [5, 5.41) is 5.32. The third kappa shape index (κ3) is 2.40. The summed E-state index contributed by atoms with van der Waals surface area (Å²) in [5.74, 6) is -1.44. The van der Waals surface area contributed by atoms with E-state index < -0.39 is 17.4 Å². The average Bonchev–Trinajstić information content (AvgIpc) is 3.21. The lowest BCUT2D eigenvalue weighted by molar-refractivity contribution is -0.734. The molecule has 3 aliphatic heterocycles. The van der Waals surface area contributed by atoms with Crippen LogP contribution < -0.4 is 10.6 Å². The molecule has 1 aromatic carbocycles. The van der Waals surface area contributed by atoms with Gasteiger partial charge in [0.25, 0.3) is 5.91 Å². The number of likely N-dealkylation sites (tertiary alicyclic amines) is 1. The summed E-state index contributed by atoms with van der Waals surface area (Å²) in [5.41, 5.74) is 0.161. The number of hydrogen-bond acceptors (Lipinski definition) is 3. The van der Waals surface area contributed by atoms with Gasteiger partial charge in [0.1, 0.15) is 17.9 Å². The van der Waals surface area contributed by atoms with Gasteiger partial charge in [-0.25, -0.2) is 0 Å². The lowest BCUT2D eigenvalue weighted by Gasteiger charge is -2.28. The number of anilines is 1. The van der Waals surface area contributed by atoms with Crippen LogP contribution in [0.1, 0.15) is 46.1 Å². The van der Waals surface area contributed by atoms with E-state index in [2.05, 4.69) is 19.2 Å². The van der Waals surface area contributed by atoms with Crippen molar-refractivity contribution in [3.63, 3.8) is 0 Å². The van der Waals surface area contributed by atoms with E-state index in [1.807, 2.05) is 25.2 Å². The summed E-state index contributed by atoms with van der Waals surface area (Å²) in [6.45, 7) is 8.05. The van der Waals surface area contributed by atoms with E-state index in [0.29, 0.717) is 23.0 Å². The van der Waals surface area contributed by atoms with Gasteiger partial charge < -0.3 is 10.6 Å². The number of nitrogens with two attached hydrogens (primary N) is 1. The number of carbonyl (C=O) groups excluding carboxylic acids is 3. The van der Waals surface area contributed by atoms with Crippen LogP contribution in [-0.4, -0.2) is 34.7 Å². The van der Waals surface area contributed by atoms with Crippen molar-refractivity contribution < 1.29 is 19.7 Å². The van der Waals surface area contributed by atoms with E-state index in [4.69, 9.17) is 11.6 Å². The molecule has 0 unspecified atom stereocenters. The molecule has 0 bridgehead atoms. The van der Waals surface area contributed by atoms with Gasteiger partial charge in [-0.05, 0) is 31.4 Å². The molecule has 4 rings (SSSR count). The molecule has 3 amide bonds. The van der Waals surface area contributed by atoms with Gasteiger partial charge in [0.2, 0.25) is 17.4 Å². The Balaban J connectivity index is 1.89. The first-order valence-electron chi connectivity index (χ1n) is 10.1. The van der Waals surface area contributed by atoms with E-state index in [9.17, 15) is 14.4 Å². The normalized spacial score (nSPS) is 32.3. The molecule has 7 heteroatoms. The van der Waals surface area contributed by atoms with Gasteiger partial charge in [-0.1, -0.05) is 38.4 Å². The summed E-state index contributed by atoms with van der Waals surface area (Å²) in [7, 11) is 0. The zero-order chi connectivity index (χ0) is 20.4. The molecular formula is C21H27ClN3O3+. The molecule has 1 spiro atoms. The Bertz CT molecular complexity index is 870. The predicted molar refractivity (Wildman–Crippen MR) is 106 cm³/mol. The largest absolute Gasteiger partial charge is 0.326 e. The Morgan fingerprint density at radius 1 is 1.21 bits per heavy atom. The number of halogens is 1. The molecular weight excluding hydrogens is 378 g/mol. The van der Waals surface area contributed by atoms with Crippen molar-refractivity contribution in [2.24, 2.45) is 17.8 Å². The van der Waals surface area contributed by atoms with Crippen LogP contribution >= 0.6 is 11.6 Å². The summed E-state index contributed by atoms with van der Waals surface area (Å²) < 4.78 is 0. The number of hydrogen-bond donors (Lipinski definition) is 2. The van der Waals surface area contributed by atoms with Crippen LogP contribution in [0.2, 0.25) is 5.02 Å². The van der Waals surface area contributed by atoms with Crippen LogP contribution in [-0.2, 0) is 19.9 Å². The Hall–Kier alpha value is -1.92. The van der Waals surface area contributed by atoms with Crippen LogP contribution in [0, 0.1) is 17.8 Å². The van der Waals surface area contributed by atoms with Gasteiger partial charge in [-0.15, -0.1) is 0 Å². The molecule has 2 saturated heterocycles. The van der Waals surface area contributed by atoms with E-state index in [-0.39, 0.29) is 29.8 Å². The number of nitrogens with one attached hydrogen (secondary N) is 1. The van der Waals surface area contributed by atoms with Crippen molar-refractivity contribution in [3.05, 3.63) is 28.8 Å². The first-order valence-corrected chi connectivity index (χ1v) is 10.4. The molecule has 6 nitrogen and oxygen atoms in total. The van der Waals surface area contributed by atoms with Gasteiger partial charge in [0.05, 0.1) is 10.7 Å². The number of imide groups is 1. The predicted octanol–water partition coefficient (Wildman–Crippen LogP) is 1.88. The van der Waals surface area contributed by atoms with Crippen LogP contribution in [0.25, 0.3) is 0 Å². The van der Waals surface area contributed by atoms with Gasteiger partial charge >= 0.3 is 0 Å². The Kier molecular flexibility index (Phi) is 4.55. The van der Waals surface area contributed by atoms with Gasteiger partial charge in [-0.3, -0.25) is 19.3 Å². The van der Waals surface area contributed by atoms with Crippen LogP contribution in [0.15, 0.2) is 18.2 Å². The van der Waals surface area contributed by atoms with Crippen LogP contribution in [0.4, 0.5) is 5.69 Å². The van der Waals surface area contributed by atoms with Gasteiger partial charge in [-0.2, -0.15) is 0 Å². The summed E-state index contributed by atoms with van der Waals surface area (Å²) in [4.78, 5) is 41.6. The minimum absolute atomic E-state index is 0.119. The number of para-hydroxylation sites is 1. The van der Waals surface area contributed by atoms with Crippen molar-refractivity contribution in [2.75, 3.05) is 5.32 Å². The lowest BCUT2D eigenvalue weighted by Crippen LogP contribution is -2.99. The zero-order valence-electron chi connectivity index (χ0n) is 16.7. The maximum Gasteiger partial charge on any atom is 0.291 e. The number of amides is 3. The average molecular weight is 405 g/mol. The fourth-order valence-corrected chi connectivity index (χ4v) is 5.58.